The van der Waals surface area contributed by atoms with Gasteiger partial charge < -0.3 is 15.2 Å². The smallest absolute Gasteiger partial charge is 0.0666 e. The molecule has 0 radical (unpaired) electrons. The van der Waals surface area contributed by atoms with E-state index in [-0.39, 0.29) is 12.6 Å². The van der Waals surface area contributed by atoms with Crippen LogP contribution in [0.1, 0.15) is 26.7 Å². The standard InChI is InChI=1S/C11H23NO2S/c1-3-5-12-10(7-13)8-15-11-4-6-14-9(11)2/h9-13H,3-8H2,1-2H3. The summed E-state index contributed by atoms with van der Waals surface area (Å²) in [5.74, 6) is 0.981. The van der Waals surface area contributed by atoms with Crippen molar-refractivity contribution in [1.29, 1.82) is 0 Å². The van der Waals surface area contributed by atoms with Gasteiger partial charge in [0.1, 0.15) is 0 Å². The third kappa shape index (κ3) is 4.72. The first-order chi connectivity index (χ1) is 7.27. The third-order valence-electron chi connectivity index (χ3n) is 2.72. The van der Waals surface area contributed by atoms with Crippen LogP contribution >= 0.6 is 11.8 Å². The van der Waals surface area contributed by atoms with E-state index in [1.165, 1.54) is 0 Å². The summed E-state index contributed by atoms with van der Waals surface area (Å²) >= 11 is 1.93. The lowest BCUT2D eigenvalue weighted by molar-refractivity contribution is 0.127. The Hall–Kier alpha value is 0.230. The SMILES string of the molecule is CCCNC(CO)CSC1CCOC1C. The van der Waals surface area contributed by atoms with E-state index in [0.717, 1.165) is 31.7 Å². The number of aliphatic hydroxyl groups excluding tert-OH is 1. The molecule has 1 fully saturated rings. The van der Waals surface area contributed by atoms with E-state index in [9.17, 15) is 5.11 Å². The Balaban J connectivity index is 2.15. The lowest BCUT2D eigenvalue weighted by atomic mass is 10.3. The minimum Gasteiger partial charge on any atom is -0.395 e. The highest BCUT2D eigenvalue weighted by atomic mass is 32.2. The fourth-order valence-corrected chi connectivity index (χ4v) is 3.01. The highest BCUT2D eigenvalue weighted by Gasteiger charge is 2.25. The van der Waals surface area contributed by atoms with Gasteiger partial charge in [0.15, 0.2) is 0 Å². The normalized spacial score (nSPS) is 28.2. The van der Waals surface area contributed by atoms with Crippen LogP contribution in [0.15, 0.2) is 0 Å². The van der Waals surface area contributed by atoms with Gasteiger partial charge in [-0.3, -0.25) is 0 Å². The molecule has 0 spiro atoms. The second-order valence-corrected chi connectivity index (χ2v) is 5.34. The topological polar surface area (TPSA) is 41.5 Å². The average molecular weight is 233 g/mol. The van der Waals surface area contributed by atoms with E-state index in [1.807, 2.05) is 11.8 Å². The van der Waals surface area contributed by atoms with Gasteiger partial charge in [-0.15, -0.1) is 0 Å². The Bertz CT molecular complexity index is 169. The van der Waals surface area contributed by atoms with Crippen molar-refractivity contribution < 1.29 is 9.84 Å². The minimum absolute atomic E-state index is 0.231. The maximum absolute atomic E-state index is 9.19. The van der Waals surface area contributed by atoms with Gasteiger partial charge in [-0.25, -0.2) is 0 Å². The molecule has 0 amide bonds. The highest BCUT2D eigenvalue weighted by molar-refractivity contribution is 8.00. The second kappa shape index (κ2) is 7.49. The van der Waals surface area contributed by atoms with E-state index in [1.54, 1.807) is 0 Å². The second-order valence-electron chi connectivity index (χ2n) is 4.07. The molecule has 1 rings (SSSR count). The summed E-state index contributed by atoms with van der Waals surface area (Å²) in [6, 6.07) is 0.239. The molecule has 3 atom stereocenters. The predicted octanol–water partition coefficient (Wildman–Crippen LogP) is 1.26. The van der Waals surface area contributed by atoms with E-state index < -0.39 is 0 Å². The molecule has 3 nitrogen and oxygen atoms in total. The van der Waals surface area contributed by atoms with Crippen LogP contribution in [0.25, 0.3) is 0 Å². The van der Waals surface area contributed by atoms with Gasteiger partial charge in [0.25, 0.3) is 0 Å². The molecule has 2 N–H and O–H groups in total. The number of hydrogen-bond acceptors (Lipinski definition) is 4. The van der Waals surface area contributed by atoms with Crippen LogP contribution in [0.2, 0.25) is 0 Å². The van der Waals surface area contributed by atoms with Crippen LogP contribution < -0.4 is 5.32 Å². The number of ether oxygens (including phenoxy) is 1. The van der Waals surface area contributed by atoms with Crippen LogP contribution in [-0.4, -0.2) is 48.0 Å². The van der Waals surface area contributed by atoms with Crippen molar-refractivity contribution in [2.75, 3.05) is 25.5 Å². The van der Waals surface area contributed by atoms with Gasteiger partial charge in [0.2, 0.25) is 0 Å². The Morgan fingerprint density at radius 1 is 1.60 bits per heavy atom. The van der Waals surface area contributed by atoms with Crippen LogP contribution in [0.4, 0.5) is 0 Å². The van der Waals surface area contributed by atoms with Gasteiger partial charge in [0, 0.05) is 23.7 Å². The van der Waals surface area contributed by atoms with E-state index in [2.05, 4.69) is 19.2 Å². The minimum atomic E-state index is 0.231. The maximum atomic E-state index is 9.19. The van der Waals surface area contributed by atoms with Crippen LogP contribution in [0.3, 0.4) is 0 Å². The average Bonchev–Trinajstić information content (AvgIpc) is 2.65. The molecular weight excluding hydrogens is 210 g/mol. The molecular formula is C11H23NO2S. The molecule has 15 heavy (non-hydrogen) atoms. The largest absolute Gasteiger partial charge is 0.395 e. The molecule has 1 saturated heterocycles. The fraction of sp³-hybridized carbons (Fsp3) is 1.00. The molecule has 1 aliphatic heterocycles. The molecule has 90 valence electrons. The molecule has 0 saturated carbocycles. The summed E-state index contributed by atoms with van der Waals surface area (Å²) in [6.45, 7) is 6.39. The zero-order valence-electron chi connectivity index (χ0n) is 9.74. The van der Waals surface area contributed by atoms with E-state index >= 15 is 0 Å². The van der Waals surface area contributed by atoms with E-state index in [0.29, 0.717) is 11.4 Å². The van der Waals surface area contributed by atoms with Crippen LogP contribution in [0, 0.1) is 0 Å². The summed E-state index contributed by atoms with van der Waals surface area (Å²) in [4.78, 5) is 0. The van der Waals surface area contributed by atoms with Gasteiger partial charge in [-0.1, -0.05) is 6.92 Å². The Morgan fingerprint density at radius 3 is 2.93 bits per heavy atom. The summed E-state index contributed by atoms with van der Waals surface area (Å²) in [7, 11) is 0. The number of hydrogen-bond donors (Lipinski definition) is 2. The van der Waals surface area contributed by atoms with Gasteiger partial charge in [-0.05, 0) is 26.3 Å². The molecule has 3 unspecified atom stereocenters. The quantitative estimate of drug-likeness (QED) is 0.694. The number of thioether (sulfide) groups is 1. The Labute approximate surface area is 97.0 Å². The van der Waals surface area contributed by atoms with Crippen molar-refractivity contribution in [2.45, 2.75) is 44.1 Å². The number of aliphatic hydroxyl groups is 1. The first kappa shape index (κ1) is 13.3. The maximum Gasteiger partial charge on any atom is 0.0666 e. The number of nitrogens with one attached hydrogen (secondary N) is 1. The van der Waals surface area contributed by atoms with Crippen molar-refractivity contribution >= 4 is 11.8 Å². The molecule has 1 heterocycles. The molecule has 0 aliphatic carbocycles. The van der Waals surface area contributed by atoms with Gasteiger partial charge >= 0.3 is 0 Å². The monoisotopic (exact) mass is 233 g/mol. The summed E-state index contributed by atoms with van der Waals surface area (Å²) < 4.78 is 5.51. The summed E-state index contributed by atoms with van der Waals surface area (Å²) in [5.41, 5.74) is 0. The lowest BCUT2D eigenvalue weighted by Gasteiger charge is -2.19. The van der Waals surface area contributed by atoms with Crippen molar-refractivity contribution in [3.8, 4) is 0 Å². The zero-order valence-corrected chi connectivity index (χ0v) is 10.6. The van der Waals surface area contributed by atoms with Crippen molar-refractivity contribution in [3.05, 3.63) is 0 Å². The molecule has 1 aliphatic rings. The first-order valence-corrected chi connectivity index (χ1v) is 6.90. The Kier molecular flexibility index (Phi) is 6.64. The number of rotatable bonds is 7. The molecule has 0 aromatic heterocycles. The fourth-order valence-electron chi connectivity index (χ4n) is 1.70. The Morgan fingerprint density at radius 2 is 2.40 bits per heavy atom. The van der Waals surface area contributed by atoms with Crippen molar-refractivity contribution in [2.24, 2.45) is 0 Å². The highest BCUT2D eigenvalue weighted by Crippen LogP contribution is 2.26. The molecule has 4 heteroatoms. The summed E-state index contributed by atoms with van der Waals surface area (Å²) in [6.07, 6.45) is 2.64. The molecule has 0 aromatic rings. The molecule has 0 bridgehead atoms. The zero-order chi connectivity index (χ0) is 11.1. The first-order valence-electron chi connectivity index (χ1n) is 5.85. The van der Waals surface area contributed by atoms with Crippen LogP contribution in [-0.2, 0) is 4.74 Å². The van der Waals surface area contributed by atoms with Crippen LogP contribution in [0.5, 0.6) is 0 Å². The summed E-state index contributed by atoms with van der Waals surface area (Å²) in [5, 5.41) is 13.1. The van der Waals surface area contributed by atoms with E-state index in [4.69, 9.17) is 4.74 Å². The van der Waals surface area contributed by atoms with Gasteiger partial charge in [0.05, 0.1) is 12.7 Å². The molecule has 0 aromatic carbocycles. The lowest BCUT2D eigenvalue weighted by Crippen LogP contribution is -2.36. The van der Waals surface area contributed by atoms with Crippen molar-refractivity contribution in [1.82, 2.24) is 5.32 Å². The van der Waals surface area contributed by atoms with Crippen molar-refractivity contribution in [3.63, 3.8) is 0 Å². The van der Waals surface area contributed by atoms with Gasteiger partial charge in [-0.2, -0.15) is 11.8 Å². The third-order valence-corrected chi connectivity index (χ3v) is 4.36. The predicted molar refractivity (Wildman–Crippen MR) is 65.4 cm³/mol.